The second kappa shape index (κ2) is 4.80. The molecule has 20 heavy (non-hydrogen) atoms. The molecule has 0 atom stereocenters. The van der Waals surface area contributed by atoms with E-state index in [-0.39, 0.29) is 6.04 Å². The lowest BCUT2D eigenvalue weighted by Crippen LogP contribution is -2.20. The molecule has 0 fully saturated rings. The van der Waals surface area contributed by atoms with Crippen molar-refractivity contribution in [2.75, 3.05) is 5.32 Å². The Morgan fingerprint density at radius 2 is 1.50 bits per heavy atom. The van der Waals surface area contributed by atoms with E-state index >= 15 is 0 Å². The van der Waals surface area contributed by atoms with E-state index in [4.69, 9.17) is 0 Å². The fraction of sp³-hybridized carbons (Fsp3) is 0.111. The van der Waals surface area contributed by atoms with Crippen molar-refractivity contribution in [2.45, 2.75) is 12.5 Å². The third kappa shape index (κ3) is 1.93. The number of anilines is 1. The van der Waals surface area contributed by atoms with Gasteiger partial charge in [-0.15, -0.1) is 0 Å². The molecule has 1 N–H and O–H groups in total. The number of rotatable bonds is 2. The van der Waals surface area contributed by atoms with Gasteiger partial charge in [-0.3, -0.25) is 0 Å². The number of hydrogen-bond acceptors (Lipinski definition) is 2. The van der Waals surface area contributed by atoms with Crippen LogP contribution in [0, 0.1) is 0 Å². The maximum atomic E-state index is 3.68. The number of thiophene rings is 1. The second-order valence-electron chi connectivity index (χ2n) is 5.16. The Balaban J connectivity index is 1.84. The lowest BCUT2D eigenvalue weighted by atomic mass is 9.82. The van der Waals surface area contributed by atoms with Gasteiger partial charge in [0, 0.05) is 11.1 Å². The maximum Gasteiger partial charge on any atom is 0.0773 e. The van der Waals surface area contributed by atoms with Crippen molar-refractivity contribution in [1.29, 1.82) is 0 Å². The van der Waals surface area contributed by atoms with E-state index in [9.17, 15) is 0 Å². The first-order valence-corrected chi connectivity index (χ1v) is 7.80. The van der Waals surface area contributed by atoms with Crippen LogP contribution in [0.1, 0.15) is 28.3 Å². The first kappa shape index (κ1) is 11.7. The molecule has 0 bridgehead atoms. The van der Waals surface area contributed by atoms with Crippen LogP contribution in [0.25, 0.3) is 0 Å². The molecule has 0 amide bonds. The highest BCUT2D eigenvalue weighted by Crippen LogP contribution is 2.37. The molecule has 3 aromatic rings. The standard InChI is InChI=1S/C18H15NS/c1-3-7-16-13(5-1)11-14-6-2-4-8-17(14)18(16)19-15-9-10-20-12-15/h1-10,12,18-19H,11H2. The highest BCUT2D eigenvalue weighted by molar-refractivity contribution is 7.08. The summed E-state index contributed by atoms with van der Waals surface area (Å²) in [4.78, 5) is 0. The lowest BCUT2D eigenvalue weighted by molar-refractivity contribution is 0.860. The summed E-state index contributed by atoms with van der Waals surface area (Å²) in [5.74, 6) is 0. The van der Waals surface area contributed by atoms with Crippen molar-refractivity contribution >= 4 is 17.0 Å². The molecular weight excluding hydrogens is 262 g/mol. The molecule has 2 heteroatoms. The Hall–Kier alpha value is -2.06. The summed E-state index contributed by atoms with van der Waals surface area (Å²) < 4.78 is 0. The van der Waals surface area contributed by atoms with Crippen molar-refractivity contribution in [2.24, 2.45) is 0 Å². The Bertz CT molecular complexity index is 685. The fourth-order valence-corrected chi connectivity index (χ4v) is 3.59. The van der Waals surface area contributed by atoms with Gasteiger partial charge in [-0.05, 0) is 40.1 Å². The minimum Gasteiger partial charge on any atom is -0.373 e. The van der Waals surface area contributed by atoms with Crippen LogP contribution >= 0.6 is 11.3 Å². The number of hydrogen-bond donors (Lipinski definition) is 1. The molecule has 0 saturated carbocycles. The van der Waals surface area contributed by atoms with E-state index < -0.39 is 0 Å². The topological polar surface area (TPSA) is 12.0 Å². The van der Waals surface area contributed by atoms with E-state index in [1.165, 1.54) is 27.9 Å². The normalized spacial score (nSPS) is 13.6. The third-order valence-corrected chi connectivity index (χ3v) is 4.63. The number of benzene rings is 2. The molecule has 2 aromatic carbocycles. The van der Waals surface area contributed by atoms with Gasteiger partial charge in [0.25, 0.3) is 0 Å². The monoisotopic (exact) mass is 277 g/mol. The summed E-state index contributed by atoms with van der Waals surface area (Å²) in [7, 11) is 0. The average Bonchev–Trinajstić information content (AvgIpc) is 3.00. The van der Waals surface area contributed by atoms with Crippen LogP contribution in [0.4, 0.5) is 5.69 Å². The van der Waals surface area contributed by atoms with Crippen molar-refractivity contribution in [3.8, 4) is 0 Å². The number of nitrogens with one attached hydrogen (secondary N) is 1. The zero-order valence-electron chi connectivity index (χ0n) is 11.0. The van der Waals surface area contributed by atoms with Crippen LogP contribution in [0.3, 0.4) is 0 Å². The first-order valence-electron chi connectivity index (χ1n) is 6.86. The van der Waals surface area contributed by atoms with E-state index in [1.54, 1.807) is 11.3 Å². The van der Waals surface area contributed by atoms with Crippen molar-refractivity contribution in [3.63, 3.8) is 0 Å². The van der Waals surface area contributed by atoms with Crippen LogP contribution < -0.4 is 5.32 Å². The van der Waals surface area contributed by atoms with Crippen molar-refractivity contribution < 1.29 is 0 Å². The van der Waals surface area contributed by atoms with Crippen LogP contribution in [0.2, 0.25) is 0 Å². The molecule has 0 unspecified atom stereocenters. The summed E-state index contributed by atoms with van der Waals surface area (Å²) in [6.07, 6.45) is 1.04. The molecule has 1 nitrogen and oxygen atoms in total. The van der Waals surface area contributed by atoms with E-state index in [1.807, 2.05) is 0 Å². The first-order chi connectivity index (χ1) is 9.92. The molecule has 0 aliphatic heterocycles. The highest BCUT2D eigenvalue weighted by Gasteiger charge is 2.24. The quantitative estimate of drug-likeness (QED) is 0.705. The molecule has 1 aliphatic rings. The van der Waals surface area contributed by atoms with E-state index in [0.29, 0.717) is 0 Å². The van der Waals surface area contributed by atoms with Gasteiger partial charge < -0.3 is 5.32 Å². The summed E-state index contributed by atoms with van der Waals surface area (Å²) in [6, 6.07) is 19.9. The van der Waals surface area contributed by atoms with Gasteiger partial charge in [-0.1, -0.05) is 48.5 Å². The Labute approximate surface area is 122 Å². The Morgan fingerprint density at radius 1 is 0.850 bits per heavy atom. The van der Waals surface area contributed by atoms with E-state index in [2.05, 4.69) is 70.7 Å². The summed E-state index contributed by atoms with van der Waals surface area (Å²) in [5.41, 5.74) is 6.86. The zero-order valence-corrected chi connectivity index (χ0v) is 11.9. The molecule has 1 aliphatic carbocycles. The lowest BCUT2D eigenvalue weighted by Gasteiger charge is -2.29. The SMILES string of the molecule is c1ccc2c(c1)Cc1ccccc1C2Nc1ccsc1. The molecule has 98 valence electrons. The number of fused-ring (bicyclic) bond motifs is 2. The van der Waals surface area contributed by atoms with Crippen LogP contribution in [0.5, 0.6) is 0 Å². The van der Waals surface area contributed by atoms with Crippen LogP contribution in [-0.2, 0) is 6.42 Å². The van der Waals surface area contributed by atoms with Gasteiger partial charge in [0.1, 0.15) is 0 Å². The molecule has 0 saturated heterocycles. The summed E-state index contributed by atoms with van der Waals surface area (Å²) in [6.45, 7) is 0. The van der Waals surface area contributed by atoms with Gasteiger partial charge in [-0.25, -0.2) is 0 Å². The minimum atomic E-state index is 0.255. The minimum absolute atomic E-state index is 0.255. The maximum absolute atomic E-state index is 3.68. The molecule has 1 heterocycles. The Morgan fingerprint density at radius 3 is 2.10 bits per heavy atom. The van der Waals surface area contributed by atoms with Gasteiger partial charge in [-0.2, -0.15) is 11.3 Å². The zero-order chi connectivity index (χ0) is 13.4. The summed E-state index contributed by atoms with van der Waals surface area (Å²) in [5, 5.41) is 7.96. The predicted octanol–water partition coefficient (Wildman–Crippen LogP) is 4.85. The van der Waals surface area contributed by atoms with Crippen LogP contribution in [-0.4, -0.2) is 0 Å². The van der Waals surface area contributed by atoms with Gasteiger partial charge in [0.05, 0.1) is 6.04 Å². The molecular formula is C18H15NS. The molecule has 4 rings (SSSR count). The smallest absolute Gasteiger partial charge is 0.0773 e. The van der Waals surface area contributed by atoms with E-state index in [0.717, 1.165) is 6.42 Å². The summed E-state index contributed by atoms with van der Waals surface area (Å²) >= 11 is 1.73. The molecule has 0 spiro atoms. The Kier molecular flexibility index (Phi) is 2.82. The average molecular weight is 277 g/mol. The molecule has 1 aromatic heterocycles. The largest absolute Gasteiger partial charge is 0.373 e. The second-order valence-corrected chi connectivity index (χ2v) is 5.94. The van der Waals surface area contributed by atoms with Crippen LogP contribution in [0.15, 0.2) is 65.4 Å². The van der Waals surface area contributed by atoms with Crippen molar-refractivity contribution in [3.05, 3.63) is 87.6 Å². The predicted molar refractivity (Wildman–Crippen MR) is 85.5 cm³/mol. The van der Waals surface area contributed by atoms with Gasteiger partial charge in [0.15, 0.2) is 0 Å². The van der Waals surface area contributed by atoms with Gasteiger partial charge >= 0.3 is 0 Å². The molecule has 0 radical (unpaired) electrons. The van der Waals surface area contributed by atoms with Crippen molar-refractivity contribution in [1.82, 2.24) is 0 Å². The fourth-order valence-electron chi connectivity index (χ4n) is 3.00. The highest BCUT2D eigenvalue weighted by atomic mass is 32.1. The third-order valence-electron chi connectivity index (χ3n) is 3.95. The van der Waals surface area contributed by atoms with Gasteiger partial charge in [0.2, 0.25) is 0 Å².